The van der Waals surface area contributed by atoms with Crippen molar-refractivity contribution in [2.75, 3.05) is 51.5 Å². The highest BCUT2D eigenvalue weighted by atomic mass is 32.1. The summed E-state index contributed by atoms with van der Waals surface area (Å²) < 4.78 is 10.4. The van der Waals surface area contributed by atoms with Gasteiger partial charge in [0, 0.05) is 32.3 Å². The van der Waals surface area contributed by atoms with Crippen LogP contribution < -0.4 is 15.6 Å². The zero-order chi connectivity index (χ0) is 18.9. The van der Waals surface area contributed by atoms with E-state index in [1.54, 1.807) is 24.7 Å². The Labute approximate surface area is 168 Å². The lowest BCUT2D eigenvalue weighted by Crippen LogP contribution is -2.36. The number of nitrogens with one attached hydrogen (secondary N) is 2. The van der Waals surface area contributed by atoms with Gasteiger partial charge in [0.2, 0.25) is 0 Å². The molecule has 0 aliphatic carbocycles. The van der Waals surface area contributed by atoms with Crippen LogP contribution >= 0.6 is 23.6 Å². The molecule has 9 heteroatoms. The number of aromatic nitrogens is 1. The van der Waals surface area contributed by atoms with Crippen molar-refractivity contribution in [2.24, 2.45) is 5.10 Å². The molecule has 0 unspecified atom stereocenters. The van der Waals surface area contributed by atoms with Crippen molar-refractivity contribution in [1.29, 1.82) is 0 Å². The average Bonchev–Trinajstić information content (AvgIpc) is 3.14. The Morgan fingerprint density at radius 1 is 1.37 bits per heavy atom. The lowest BCUT2D eigenvalue weighted by molar-refractivity contribution is 0.122. The van der Waals surface area contributed by atoms with Crippen LogP contribution in [0, 0.1) is 0 Å². The molecule has 0 amide bonds. The number of morpholine rings is 1. The van der Waals surface area contributed by atoms with Crippen molar-refractivity contribution < 1.29 is 9.47 Å². The van der Waals surface area contributed by atoms with E-state index < -0.39 is 0 Å². The minimum absolute atomic E-state index is 0.461. The number of benzene rings is 1. The van der Waals surface area contributed by atoms with Crippen LogP contribution in [0.25, 0.3) is 11.3 Å². The Balaban J connectivity index is 1.74. The maximum atomic E-state index is 5.44. The molecule has 1 aliphatic heterocycles. The molecule has 0 saturated carbocycles. The van der Waals surface area contributed by atoms with Gasteiger partial charge in [0.25, 0.3) is 0 Å². The molecule has 27 heavy (non-hydrogen) atoms. The number of ether oxygens (including phenoxy) is 2. The highest BCUT2D eigenvalue weighted by Gasteiger charge is 2.18. The fraction of sp³-hybridized carbons (Fsp3) is 0.389. The molecule has 2 N–H and O–H groups in total. The second kappa shape index (κ2) is 10.3. The largest absolute Gasteiger partial charge is 0.383 e. The number of hydrazone groups is 1. The van der Waals surface area contributed by atoms with Crippen molar-refractivity contribution in [2.45, 2.75) is 0 Å². The molecule has 3 rings (SSSR count). The van der Waals surface area contributed by atoms with Crippen LogP contribution in [0.15, 0.2) is 35.4 Å². The first-order chi connectivity index (χ1) is 13.3. The smallest absolute Gasteiger partial charge is 0.187 e. The molecular weight excluding hydrogens is 382 g/mol. The van der Waals surface area contributed by atoms with E-state index in [-0.39, 0.29) is 0 Å². The molecule has 1 aromatic carbocycles. The summed E-state index contributed by atoms with van der Waals surface area (Å²) in [5, 5.41) is 8.74. The van der Waals surface area contributed by atoms with E-state index in [4.69, 9.17) is 26.7 Å². The highest BCUT2D eigenvalue weighted by molar-refractivity contribution is 7.80. The SMILES string of the molecule is COCCNC(=S)N/N=C\c1sc(N2CCOCC2)nc1-c1ccccc1. The van der Waals surface area contributed by atoms with E-state index in [0.29, 0.717) is 18.3 Å². The van der Waals surface area contributed by atoms with Gasteiger partial charge in [-0.2, -0.15) is 5.10 Å². The number of hydrogen-bond acceptors (Lipinski definition) is 7. The molecule has 1 aromatic heterocycles. The van der Waals surface area contributed by atoms with Gasteiger partial charge in [-0.05, 0) is 12.2 Å². The zero-order valence-electron chi connectivity index (χ0n) is 15.2. The maximum absolute atomic E-state index is 5.44. The summed E-state index contributed by atoms with van der Waals surface area (Å²) in [5.74, 6) is 0. The molecular formula is C18H23N5O2S2. The molecule has 2 aromatic rings. The van der Waals surface area contributed by atoms with Gasteiger partial charge < -0.3 is 19.7 Å². The molecule has 0 bridgehead atoms. The van der Waals surface area contributed by atoms with Crippen LogP contribution in [0.3, 0.4) is 0 Å². The number of methoxy groups -OCH3 is 1. The molecule has 1 fully saturated rings. The highest BCUT2D eigenvalue weighted by Crippen LogP contribution is 2.32. The molecule has 2 heterocycles. The summed E-state index contributed by atoms with van der Waals surface area (Å²) in [6, 6.07) is 10.1. The van der Waals surface area contributed by atoms with E-state index in [2.05, 4.69) is 32.9 Å². The zero-order valence-corrected chi connectivity index (χ0v) is 16.8. The first kappa shape index (κ1) is 19.7. The number of rotatable bonds is 7. The Bertz CT molecular complexity index is 760. The minimum Gasteiger partial charge on any atom is -0.383 e. The van der Waals surface area contributed by atoms with Crippen LogP contribution in [0.2, 0.25) is 0 Å². The van der Waals surface area contributed by atoms with Gasteiger partial charge in [-0.25, -0.2) is 4.98 Å². The Morgan fingerprint density at radius 2 is 2.15 bits per heavy atom. The van der Waals surface area contributed by atoms with Crippen molar-refractivity contribution >= 4 is 40.0 Å². The standard InChI is InChI=1S/C18H23N5O2S2/c1-24-10-7-19-17(26)22-20-13-15-16(14-5-3-2-4-6-14)21-18(27-15)23-8-11-25-12-9-23/h2-6,13H,7-12H2,1H3,(H2,19,22,26)/b20-13-. The number of thiazole rings is 1. The lowest BCUT2D eigenvalue weighted by Gasteiger charge is -2.26. The van der Waals surface area contributed by atoms with E-state index >= 15 is 0 Å². The summed E-state index contributed by atoms with van der Waals surface area (Å²) in [7, 11) is 1.65. The normalized spacial score (nSPS) is 14.5. The van der Waals surface area contributed by atoms with E-state index in [1.165, 1.54) is 0 Å². The second-order valence-electron chi connectivity index (χ2n) is 5.79. The predicted molar refractivity (Wildman–Crippen MR) is 114 cm³/mol. The summed E-state index contributed by atoms with van der Waals surface area (Å²) in [4.78, 5) is 8.10. The average molecular weight is 406 g/mol. The fourth-order valence-corrected chi connectivity index (χ4v) is 3.72. The summed E-state index contributed by atoms with van der Waals surface area (Å²) in [6.07, 6.45) is 1.77. The van der Waals surface area contributed by atoms with Gasteiger partial charge >= 0.3 is 0 Å². The monoisotopic (exact) mass is 405 g/mol. The quantitative estimate of drug-likeness (QED) is 0.316. The van der Waals surface area contributed by atoms with Crippen molar-refractivity contribution in [3.05, 3.63) is 35.2 Å². The Hall–Kier alpha value is -2.07. The molecule has 1 aliphatic rings. The van der Waals surface area contributed by atoms with Gasteiger partial charge in [0.15, 0.2) is 10.2 Å². The third kappa shape index (κ3) is 5.70. The van der Waals surface area contributed by atoms with Crippen LogP contribution in [0.4, 0.5) is 5.13 Å². The van der Waals surface area contributed by atoms with E-state index in [9.17, 15) is 0 Å². The number of hydrogen-bond donors (Lipinski definition) is 2. The Morgan fingerprint density at radius 3 is 2.89 bits per heavy atom. The van der Waals surface area contributed by atoms with Crippen molar-refractivity contribution in [1.82, 2.24) is 15.7 Å². The number of nitrogens with zero attached hydrogens (tertiary/aromatic N) is 3. The van der Waals surface area contributed by atoms with Crippen LogP contribution in [0.5, 0.6) is 0 Å². The molecule has 7 nitrogen and oxygen atoms in total. The second-order valence-corrected chi connectivity index (χ2v) is 7.21. The molecule has 0 spiro atoms. The van der Waals surface area contributed by atoms with Crippen LogP contribution in [0.1, 0.15) is 4.88 Å². The van der Waals surface area contributed by atoms with Crippen LogP contribution in [-0.2, 0) is 9.47 Å². The van der Waals surface area contributed by atoms with Gasteiger partial charge in [-0.15, -0.1) is 0 Å². The summed E-state index contributed by atoms with van der Waals surface area (Å²) in [5.41, 5.74) is 4.82. The topological polar surface area (TPSA) is 71.0 Å². The van der Waals surface area contributed by atoms with Crippen molar-refractivity contribution in [3.63, 3.8) is 0 Å². The number of anilines is 1. The van der Waals surface area contributed by atoms with E-state index in [0.717, 1.165) is 47.6 Å². The lowest BCUT2D eigenvalue weighted by atomic mass is 10.1. The molecule has 144 valence electrons. The summed E-state index contributed by atoms with van der Waals surface area (Å²) >= 11 is 6.81. The fourth-order valence-electron chi connectivity index (χ4n) is 2.56. The van der Waals surface area contributed by atoms with E-state index in [1.807, 2.05) is 18.2 Å². The minimum atomic E-state index is 0.461. The molecule has 0 atom stereocenters. The third-order valence-corrected chi connectivity index (χ3v) is 5.20. The molecule has 0 radical (unpaired) electrons. The van der Waals surface area contributed by atoms with Gasteiger partial charge in [0.1, 0.15) is 0 Å². The summed E-state index contributed by atoms with van der Waals surface area (Å²) in [6.45, 7) is 4.38. The van der Waals surface area contributed by atoms with Gasteiger partial charge in [-0.3, -0.25) is 5.43 Å². The first-order valence-electron chi connectivity index (χ1n) is 8.72. The third-order valence-electron chi connectivity index (χ3n) is 3.91. The predicted octanol–water partition coefficient (Wildman–Crippen LogP) is 2.09. The number of thiocarbonyl (C=S) groups is 1. The van der Waals surface area contributed by atoms with Gasteiger partial charge in [0.05, 0.1) is 36.6 Å². The molecule has 1 saturated heterocycles. The first-order valence-corrected chi connectivity index (χ1v) is 9.95. The Kier molecular flexibility index (Phi) is 7.52. The van der Waals surface area contributed by atoms with Crippen molar-refractivity contribution in [3.8, 4) is 11.3 Å². The maximum Gasteiger partial charge on any atom is 0.187 e. The van der Waals surface area contributed by atoms with Crippen LogP contribution in [-0.4, -0.2) is 62.9 Å². The van der Waals surface area contributed by atoms with Gasteiger partial charge in [-0.1, -0.05) is 41.7 Å².